The smallest absolute Gasteiger partial charge is 0.410 e. The van der Waals surface area contributed by atoms with E-state index in [-0.39, 0.29) is 18.0 Å². The highest BCUT2D eigenvalue weighted by atomic mass is 19.1. The molecule has 1 aliphatic rings. The topological polar surface area (TPSA) is 47.4 Å². The van der Waals surface area contributed by atoms with E-state index in [0.717, 1.165) is 34.9 Å². The Hall–Kier alpha value is -2.89. The van der Waals surface area contributed by atoms with E-state index in [1.807, 2.05) is 55.9 Å². The highest BCUT2D eigenvalue weighted by Crippen LogP contribution is 2.28. The molecule has 1 aliphatic heterocycles. The third kappa shape index (κ3) is 4.42. The summed E-state index contributed by atoms with van der Waals surface area (Å²) in [5.41, 5.74) is 2.12. The van der Waals surface area contributed by atoms with Crippen LogP contribution in [0.25, 0.3) is 22.0 Å². The van der Waals surface area contributed by atoms with Crippen LogP contribution in [0.3, 0.4) is 0 Å². The number of amides is 1. The van der Waals surface area contributed by atoms with Crippen molar-refractivity contribution in [3.63, 3.8) is 0 Å². The van der Waals surface area contributed by atoms with Crippen LogP contribution in [0, 0.1) is 5.82 Å². The Morgan fingerprint density at radius 2 is 1.97 bits per heavy atom. The van der Waals surface area contributed by atoms with Gasteiger partial charge in [-0.05, 0) is 62.9 Å². The predicted octanol–water partition coefficient (Wildman–Crippen LogP) is 5.41. The summed E-state index contributed by atoms with van der Waals surface area (Å²) in [6.45, 7) is 6.92. The highest BCUT2D eigenvalue weighted by molar-refractivity contribution is 5.84. The zero-order chi connectivity index (χ0) is 20.6. The van der Waals surface area contributed by atoms with E-state index in [0.29, 0.717) is 13.1 Å². The summed E-state index contributed by atoms with van der Waals surface area (Å²) in [5.74, 6) is -0.252. The zero-order valence-corrected chi connectivity index (χ0v) is 17.1. The fourth-order valence-corrected chi connectivity index (χ4v) is 3.73. The van der Waals surface area contributed by atoms with E-state index >= 15 is 0 Å². The van der Waals surface area contributed by atoms with Crippen LogP contribution < -0.4 is 0 Å². The molecule has 4 rings (SSSR count). The van der Waals surface area contributed by atoms with E-state index in [1.54, 1.807) is 11.0 Å². The van der Waals surface area contributed by atoms with Crippen molar-refractivity contribution in [2.45, 2.75) is 45.3 Å². The number of rotatable bonds is 2. The van der Waals surface area contributed by atoms with E-state index in [1.165, 1.54) is 12.1 Å². The molecule has 1 saturated heterocycles. The number of hydrogen-bond acceptors (Lipinski definition) is 3. The van der Waals surface area contributed by atoms with Crippen LogP contribution >= 0.6 is 0 Å². The fraction of sp³-hybridized carbons (Fsp3) is 0.391. The molecule has 0 N–H and O–H groups in total. The van der Waals surface area contributed by atoms with Crippen molar-refractivity contribution >= 4 is 17.0 Å². The van der Waals surface area contributed by atoms with Crippen LogP contribution in [0.4, 0.5) is 9.18 Å². The van der Waals surface area contributed by atoms with Gasteiger partial charge in [0.05, 0.1) is 11.6 Å². The first-order chi connectivity index (χ1) is 13.8. The number of carbonyl (C=O) groups is 1. The van der Waals surface area contributed by atoms with Gasteiger partial charge in [-0.3, -0.25) is 4.68 Å². The Bertz CT molecular complexity index is 1040. The summed E-state index contributed by atoms with van der Waals surface area (Å²) in [6, 6.07) is 12.6. The van der Waals surface area contributed by atoms with Crippen LogP contribution in [0.15, 0.2) is 48.7 Å². The summed E-state index contributed by atoms with van der Waals surface area (Å²) >= 11 is 0. The summed E-state index contributed by atoms with van der Waals surface area (Å²) in [6.07, 6.45) is 3.62. The van der Waals surface area contributed by atoms with Gasteiger partial charge in [-0.15, -0.1) is 0 Å². The first-order valence-corrected chi connectivity index (χ1v) is 10.0. The lowest BCUT2D eigenvalue weighted by molar-refractivity contribution is 0.0168. The average Bonchev–Trinajstić information content (AvgIpc) is 3.10. The molecule has 3 aromatic rings. The fourth-order valence-electron chi connectivity index (χ4n) is 3.73. The molecule has 0 aliphatic carbocycles. The molecule has 29 heavy (non-hydrogen) atoms. The van der Waals surface area contributed by atoms with Crippen LogP contribution in [0.1, 0.15) is 39.7 Å². The molecule has 0 spiro atoms. The molecular formula is C23H26FN3O2. The number of ether oxygens (including phenoxy) is 1. The lowest BCUT2D eigenvalue weighted by Crippen LogP contribution is -2.43. The van der Waals surface area contributed by atoms with Crippen molar-refractivity contribution in [3.05, 3.63) is 54.5 Å². The number of piperidine rings is 1. The second kappa shape index (κ2) is 7.50. The zero-order valence-electron chi connectivity index (χ0n) is 17.1. The number of likely N-dealkylation sites (tertiary alicyclic amines) is 1. The molecule has 1 fully saturated rings. The molecule has 1 aromatic heterocycles. The van der Waals surface area contributed by atoms with Gasteiger partial charge in [0.25, 0.3) is 0 Å². The second-order valence-corrected chi connectivity index (χ2v) is 8.62. The minimum absolute atomic E-state index is 0.112. The average molecular weight is 395 g/mol. The lowest BCUT2D eigenvalue weighted by Gasteiger charge is -2.34. The van der Waals surface area contributed by atoms with Gasteiger partial charge in [0.15, 0.2) is 0 Å². The molecule has 2 heterocycles. The first-order valence-electron chi connectivity index (χ1n) is 10.0. The number of halogens is 1. The molecule has 1 unspecified atom stereocenters. The molecule has 0 radical (unpaired) electrons. The van der Waals surface area contributed by atoms with Crippen molar-refractivity contribution in [2.75, 3.05) is 13.1 Å². The minimum Gasteiger partial charge on any atom is -0.444 e. The summed E-state index contributed by atoms with van der Waals surface area (Å²) in [7, 11) is 0. The Morgan fingerprint density at radius 1 is 1.17 bits per heavy atom. The highest BCUT2D eigenvalue weighted by Gasteiger charge is 2.28. The van der Waals surface area contributed by atoms with Crippen LogP contribution in [-0.2, 0) is 4.74 Å². The van der Waals surface area contributed by atoms with Crippen molar-refractivity contribution in [2.24, 2.45) is 0 Å². The number of nitrogens with zero attached hydrogens (tertiary/aromatic N) is 3. The van der Waals surface area contributed by atoms with Gasteiger partial charge >= 0.3 is 6.09 Å². The van der Waals surface area contributed by atoms with Gasteiger partial charge in [0.2, 0.25) is 0 Å². The quantitative estimate of drug-likeness (QED) is 0.582. The molecule has 1 atom stereocenters. The standard InChI is InChI=1S/C23H26FN3O2/c1-23(2,3)29-22(28)26-11-5-8-20(15-26)27-14-18-10-9-17(13-21(18)25-27)16-6-4-7-19(24)12-16/h4,6-7,9-10,12-14,20H,5,8,11,15H2,1-3H3. The molecule has 5 nitrogen and oxygen atoms in total. The van der Waals surface area contributed by atoms with E-state index in [2.05, 4.69) is 0 Å². The number of aromatic nitrogens is 2. The Labute approximate surface area is 170 Å². The SMILES string of the molecule is CC(C)(C)OC(=O)N1CCCC(n2cc3ccc(-c4cccc(F)c4)cc3n2)C1. The van der Waals surface area contributed by atoms with Gasteiger partial charge in [0.1, 0.15) is 11.4 Å². The predicted molar refractivity (Wildman–Crippen MR) is 111 cm³/mol. The normalized spacial score (nSPS) is 17.5. The van der Waals surface area contributed by atoms with Crippen LogP contribution in [0.2, 0.25) is 0 Å². The van der Waals surface area contributed by atoms with Gasteiger partial charge in [-0.2, -0.15) is 5.10 Å². The summed E-state index contributed by atoms with van der Waals surface area (Å²) in [5, 5.41) is 5.78. The van der Waals surface area contributed by atoms with Gasteiger partial charge < -0.3 is 9.64 Å². The van der Waals surface area contributed by atoms with Crippen LogP contribution in [0.5, 0.6) is 0 Å². The number of benzene rings is 2. The third-order valence-electron chi connectivity index (χ3n) is 5.11. The van der Waals surface area contributed by atoms with Crippen molar-refractivity contribution in [3.8, 4) is 11.1 Å². The third-order valence-corrected chi connectivity index (χ3v) is 5.11. The van der Waals surface area contributed by atoms with E-state index in [4.69, 9.17) is 9.84 Å². The monoisotopic (exact) mass is 395 g/mol. The Kier molecular flexibility index (Phi) is 5.03. The maximum Gasteiger partial charge on any atom is 0.410 e. The number of fused-ring (bicyclic) bond motifs is 1. The maximum absolute atomic E-state index is 13.6. The molecule has 152 valence electrons. The molecule has 0 saturated carbocycles. The van der Waals surface area contributed by atoms with Gasteiger partial charge in [-0.25, -0.2) is 9.18 Å². The van der Waals surface area contributed by atoms with Crippen molar-refractivity contribution in [1.82, 2.24) is 14.7 Å². The largest absolute Gasteiger partial charge is 0.444 e. The van der Waals surface area contributed by atoms with Crippen molar-refractivity contribution < 1.29 is 13.9 Å². The van der Waals surface area contributed by atoms with Gasteiger partial charge in [0, 0.05) is 24.7 Å². The Balaban J connectivity index is 1.55. The van der Waals surface area contributed by atoms with E-state index in [9.17, 15) is 9.18 Å². The molecule has 1 amide bonds. The summed E-state index contributed by atoms with van der Waals surface area (Å²) in [4.78, 5) is 14.2. The number of hydrogen-bond donors (Lipinski definition) is 0. The first kappa shape index (κ1) is 19.4. The van der Waals surface area contributed by atoms with E-state index < -0.39 is 5.60 Å². The maximum atomic E-state index is 13.6. The van der Waals surface area contributed by atoms with Crippen LogP contribution in [-0.4, -0.2) is 39.5 Å². The molecule has 2 aromatic carbocycles. The van der Waals surface area contributed by atoms with Crippen molar-refractivity contribution in [1.29, 1.82) is 0 Å². The van der Waals surface area contributed by atoms with Gasteiger partial charge in [-0.1, -0.05) is 24.3 Å². The minimum atomic E-state index is -0.502. The number of carbonyl (C=O) groups excluding carboxylic acids is 1. The Morgan fingerprint density at radius 3 is 2.72 bits per heavy atom. The second-order valence-electron chi connectivity index (χ2n) is 8.62. The lowest BCUT2D eigenvalue weighted by atomic mass is 10.0. The summed E-state index contributed by atoms with van der Waals surface area (Å²) < 4.78 is 21.0. The molecular weight excluding hydrogens is 369 g/mol. The molecule has 0 bridgehead atoms. The molecule has 6 heteroatoms.